The molecule has 3 aromatic carbocycles. The predicted molar refractivity (Wildman–Crippen MR) is 140 cm³/mol. The maximum Gasteiger partial charge on any atom is 0.348 e. The van der Waals surface area contributed by atoms with Gasteiger partial charge in [-0.15, -0.1) is 0 Å². The third-order valence-corrected chi connectivity index (χ3v) is 6.26. The van der Waals surface area contributed by atoms with Crippen molar-refractivity contribution in [1.82, 2.24) is 4.57 Å². The Morgan fingerprint density at radius 1 is 0.917 bits per heavy atom. The average Bonchev–Trinajstić information content (AvgIpc) is 3.17. The number of hydrogen-bond acceptors (Lipinski definition) is 5. The topological polar surface area (TPSA) is 81.7 Å². The molecular weight excluding hydrogens is 454 g/mol. The lowest BCUT2D eigenvalue weighted by Crippen LogP contribution is -2.10. The van der Waals surface area contributed by atoms with Gasteiger partial charge >= 0.3 is 11.6 Å². The summed E-state index contributed by atoms with van der Waals surface area (Å²) in [5.74, 6) is -0.828. The number of carbonyl (C=O) groups excluding carboxylic acids is 1. The standard InChI is InChI=1S/C30H25NO5/c1-4-35-29(33)24-19(3)31(21-16-14-18(2)15-17-21)27(20-10-6-5-7-11-20)25(24)26-28(32)22-12-8-9-13-23(22)36-30(26)34/h5-17,32H,4H2,1-3H3. The molecule has 0 fully saturated rings. The number of fused-ring (bicyclic) bond motifs is 1. The molecule has 2 heterocycles. The lowest BCUT2D eigenvalue weighted by Gasteiger charge is -2.14. The van der Waals surface area contributed by atoms with Gasteiger partial charge in [-0.3, -0.25) is 0 Å². The van der Waals surface area contributed by atoms with E-state index in [0.29, 0.717) is 16.8 Å². The van der Waals surface area contributed by atoms with Gasteiger partial charge in [-0.2, -0.15) is 0 Å². The molecule has 0 atom stereocenters. The Morgan fingerprint density at radius 2 is 1.58 bits per heavy atom. The molecule has 5 aromatic rings. The first-order valence-electron chi connectivity index (χ1n) is 11.7. The largest absolute Gasteiger partial charge is 0.506 e. The molecule has 0 bridgehead atoms. The second-order valence-corrected chi connectivity index (χ2v) is 8.55. The number of aryl methyl sites for hydroxylation is 1. The van der Waals surface area contributed by atoms with E-state index in [4.69, 9.17) is 9.15 Å². The summed E-state index contributed by atoms with van der Waals surface area (Å²) in [6.45, 7) is 5.69. The molecule has 1 N–H and O–H groups in total. The minimum Gasteiger partial charge on any atom is -0.506 e. The van der Waals surface area contributed by atoms with Crippen LogP contribution in [0.5, 0.6) is 5.75 Å². The van der Waals surface area contributed by atoms with Crippen molar-refractivity contribution in [2.75, 3.05) is 6.61 Å². The van der Waals surface area contributed by atoms with Crippen LogP contribution in [0.4, 0.5) is 0 Å². The fourth-order valence-corrected chi connectivity index (χ4v) is 4.63. The van der Waals surface area contributed by atoms with Crippen LogP contribution in [0.15, 0.2) is 88.1 Å². The summed E-state index contributed by atoms with van der Waals surface area (Å²) in [5, 5.41) is 11.8. The van der Waals surface area contributed by atoms with Crippen LogP contribution in [0, 0.1) is 13.8 Å². The van der Waals surface area contributed by atoms with Gasteiger partial charge in [-0.1, -0.05) is 60.2 Å². The molecule has 5 rings (SSSR count). The Balaban J connectivity index is 1.98. The van der Waals surface area contributed by atoms with Crippen LogP contribution in [0.3, 0.4) is 0 Å². The summed E-state index contributed by atoms with van der Waals surface area (Å²) < 4.78 is 13.0. The first-order chi connectivity index (χ1) is 17.4. The minimum atomic E-state index is -0.741. The molecule has 0 saturated carbocycles. The van der Waals surface area contributed by atoms with E-state index < -0.39 is 11.6 Å². The molecule has 6 heteroatoms. The van der Waals surface area contributed by atoms with Crippen molar-refractivity contribution in [2.24, 2.45) is 0 Å². The number of nitrogens with zero attached hydrogens (tertiary/aromatic N) is 1. The summed E-state index contributed by atoms with van der Waals surface area (Å²) in [4.78, 5) is 26.8. The van der Waals surface area contributed by atoms with Crippen LogP contribution in [0.1, 0.15) is 28.5 Å². The Labute approximate surface area is 208 Å². The minimum absolute atomic E-state index is 0.0791. The highest BCUT2D eigenvalue weighted by Crippen LogP contribution is 2.44. The molecule has 0 radical (unpaired) electrons. The van der Waals surface area contributed by atoms with E-state index >= 15 is 0 Å². The van der Waals surface area contributed by atoms with E-state index in [1.54, 1.807) is 31.2 Å². The summed E-state index contributed by atoms with van der Waals surface area (Å²) in [6, 6.07) is 24.1. The fraction of sp³-hybridized carbons (Fsp3) is 0.133. The third-order valence-electron chi connectivity index (χ3n) is 6.26. The molecule has 0 aliphatic carbocycles. The lowest BCUT2D eigenvalue weighted by atomic mass is 9.96. The van der Waals surface area contributed by atoms with Gasteiger partial charge in [0.2, 0.25) is 0 Å². The highest BCUT2D eigenvalue weighted by atomic mass is 16.5. The van der Waals surface area contributed by atoms with E-state index in [1.807, 2.05) is 73.0 Å². The second kappa shape index (κ2) is 9.23. The van der Waals surface area contributed by atoms with Gasteiger partial charge in [-0.25, -0.2) is 9.59 Å². The van der Waals surface area contributed by atoms with Gasteiger partial charge in [0.05, 0.1) is 23.3 Å². The zero-order valence-electron chi connectivity index (χ0n) is 20.2. The zero-order chi connectivity index (χ0) is 25.4. The molecule has 36 heavy (non-hydrogen) atoms. The van der Waals surface area contributed by atoms with Crippen molar-refractivity contribution in [2.45, 2.75) is 20.8 Å². The van der Waals surface area contributed by atoms with Crippen molar-refractivity contribution < 1.29 is 19.1 Å². The number of hydrogen-bond donors (Lipinski definition) is 1. The summed E-state index contributed by atoms with van der Waals surface area (Å²) in [7, 11) is 0. The van der Waals surface area contributed by atoms with E-state index in [2.05, 4.69) is 0 Å². The SMILES string of the molecule is CCOC(=O)c1c(-c2c(O)c3ccccc3oc2=O)c(-c2ccccc2)n(-c2ccc(C)cc2)c1C. The van der Waals surface area contributed by atoms with Crippen LogP contribution in [-0.4, -0.2) is 22.2 Å². The number of carbonyl (C=O) groups is 1. The van der Waals surface area contributed by atoms with E-state index in [0.717, 1.165) is 16.8 Å². The van der Waals surface area contributed by atoms with Gasteiger partial charge in [-0.05, 0) is 50.6 Å². The molecule has 0 spiro atoms. The Bertz CT molecular complexity index is 1640. The number of esters is 1. The number of para-hydroxylation sites is 1. The highest BCUT2D eigenvalue weighted by Gasteiger charge is 2.32. The molecule has 0 amide bonds. The number of benzene rings is 3. The van der Waals surface area contributed by atoms with Crippen LogP contribution >= 0.6 is 0 Å². The fourth-order valence-electron chi connectivity index (χ4n) is 4.63. The lowest BCUT2D eigenvalue weighted by molar-refractivity contribution is 0.0526. The van der Waals surface area contributed by atoms with Gasteiger partial charge in [0, 0.05) is 16.9 Å². The predicted octanol–water partition coefficient (Wildman–Crippen LogP) is 6.42. The van der Waals surface area contributed by atoms with Crippen LogP contribution in [-0.2, 0) is 4.74 Å². The summed E-state index contributed by atoms with van der Waals surface area (Å²) in [6.07, 6.45) is 0. The third kappa shape index (κ3) is 3.77. The maximum absolute atomic E-state index is 13.4. The smallest absolute Gasteiger partial charge is 0.348 e. The van der Waals surface area contributed by atoms with Gasteiger partial charge < -0.3 is 18.8 Å². The Morgan fingerprint density at radius 3 is 2.28 bits per heavy atom. The highest BCUT2D eigenvalue weighted by molar-refractivity contribution is 6.06. The van der Waals surface area contributed by atoms with Crippen molar-refractivity contribution in [3.63, 3.8) is 0 Å². The number of aromatic nitrogens is 1. The van der Waals surface area contributed by atoms with E-state index in [1.165, 1.54) is 0 Å². The molecular formula is C30H25NO5. The van der Waals surface area contributed by atoms with Gasteiger partial charge in [0.15, 0.2) is 0 Å². The van der Waals surface area contributed by atoms with Crippen molar-refractivity contribution in [3.8, 4) is 33.8 Å². The van der Waals surface area contributed by atoms with Gasteiger partial charge in [0.1, 0.15) is 16.9 Å². The first-order valence-corrected chi connectivity index (χ1v) is 11.7. The quantitative estimate of drug-likeness (QED) is 0.232. The Hall–Kier alpha value is -4.58. The monoisotopic (exact) mass is 479 g/mol. The number of ether oxygens (including phenoxy) is 1. The van der Waals surface area contributed by atoms with E-state index in [9.17, 15) is 14.7 Å². The van der Waals surface area contributed by atoms with Crippen LogP contribution in [0.25, 0.3) is 39.0 Å². The van der Waals surface area contributed by atoms with E-state index in [-0.39, 0.29) is 34.6 Å². The maximum atomic E-state index is 13.4. The molecule has 2 aromatic heterocycles. The van der Waals surface area contributed by atoms with Crippen molar-refractivity contribution in [3.05, 3.63) is 106 Å². The second-order valence-electron chi connectivity index (χ2n) is 8.55. The van der Waals surface area contributed by atoms with Crippen molar-refractivity contribution >= 4 is 16.9 Å². The summed E-state index contributed by atoms with van der Waals surface area (Å²) in [5.41, 5.74) is 3.73. The van der Waals surface area contributed by atoms with Gasteiger partial charge in [0.25, 0.3) is 0 Å². The summed E-state index contributed by atoms with van der Waals surface area (Å²) >= 11 is 0. The molecule has 0 aliphatic heterocycles. The molecule has 0 saturated heterocycles. The average molecular weight is 480 g/mol. The normalized spacial score (nSPS) is 11.1. The number of aromatic hydroxyl groups is 1. The molecule has 6 nitrogen and oxygen atoms in total. The number of rotatable bonds is 5. The zero-order valence-corrected chi connectivity index (χ0v) is 20.2. The first kappa shape index (κ1) is 23.2. The van der Waals surface area contributed by atoms with Crippen LogP contribution in [0.2, 0.25) is 0 Å². The van der Waals surface area contributed by atoms with Crippen molar-refractivity contribution in [1.29, 1.82) is 0 Å². The van der Waals surface area contributed by atoms with Crippen LogP contribution < -0.4 is 5.63 Å². The molecule has 0 unspecified atom stereocenters. The molecule has 0 aliphatic rings. The molecule has 180 valence electrons. The Kier molecular flexibility index (Phi) is 5.94.